The zero-order valence-corrected chi connectivity index (χ0v) is 32.1. The van der Waals surface area contributed by atoms with E-state index in [1.54, 1.807) is 18.3 Å². The fourth-order valence-corrected chi connectivity index (χ4v) is 8.69. The van der Waals surface area contributed by atoms with Gasteiger partial charge in [0.15, 0.2) is 17.0 Å². The van der Waals surface area contributed by atoms with Gasteiger partial charge < -0.3 is 46.1 Å². The van der Waals surface area contributed by atoms with Crippen LogP contribution in [0.5, 0.6) is 0 Å². The van der Waals surface area contributed by atoms with E-state index in [9.17, 15) is 42.9 Å². The molecule has 16 nitrogen and oxygen atoms in total. The van der Waals surface area contributed by atoms with Crippen LogP contribution in [0.25, 0.3) is 11.2 Å². The number of aliphatic carboxylic acids is 1. The second kappa shape index (κ2) is 16.0. The molecule has 2 aliphatic carbocycles. The summed E-state index contributed by atoms with van der Waals surface area (Å²) < 4.78 is 42.5. The summed E-state index contributed by atoms with van der Waals surface area (Å²) in [6.45, 7) is 1.31. The summed E-state index contributed by atoms with van der Waals surface area (Å²) in [6.07, 6.45) is -6.69. The molecular formula is C41H43F3N10O6. The van der Waals surface area contributed by atoms with E-state index in [2.05, 4.69) is 25.9 Å². The van der Waals surface area contributed by atoms with Crippen molar-refractivity contribution in [3.63, 3.8) is 0 Å². The van der Waals surface area contributed by atoms with Crippen LogP contribution in [0, 0.1) is 5.41 Å². The number of nitrogens with zero attached hydrogens (tertiary/aromatic N) is 6. The Morgan fingerprint density at radius 2 is 1.60 bits per heavy atom. The quantitative estimate of drug-likeness (QED) is 0.0908. The Bertz CT molecular complexity index is 2310. The Labute approximate surface area is 341 Å². The molecule has 4 heterocycles. The van der Waals surface area contributed by atoms with Crippen molar-refractivity contribution in [3.05, 3.63) is 108 Å². The molecule has 1 aliphatic heterocycles. The van der Waals surface area contributed by atoms with E-state index in [1.165, 1.54) is 10.9 Å². The van der Waals surface area contributed by atoms with Crippen molar-refractivity contribution >= 4 is 40.8 Å². The molecule has 2 aromatic carbocycles. The minimum absolute atomic E-state index is 0.128. The third-order valence-electron chi connectivity index (χ3n) is 12.0. The number of carboxylic acid groups (broad SMARTS) is 1. The van der Waals surface area contributed by atoms with Gasteiger partial charge in [0.25, 0.3) is 0 Å². The van der Waals surface area contributed by atoms with E-state index < -0.39 is 53.7 Å². The van der Waals surface area contributed by atoms with Gasteiger partial charge in [-0.1, -0.05) is 66.7 Å². The number of fused-ring (bicyclic) bond motifs is 1. The van der Waals surface area contributed by atoms with Crippen molar-refractivity contribution in [1.82, 2.24) is 40.5 Å². The summed E-state index contributed by atoms with van der Waals surface area (Å²) in [7, 11) is 0. The lowest BCUT2D eigenvalue weighted by atomic mass is 9.76. The van der Waals surface area contributed by atoms with Crippen molar-refractivity contribution in [3.8, 4) is 0 Å². The highest BCUT2D eigenvalue weighted by molar-refractivity contribution is 5.87. The number of amides is 3. The van der Waals surface area contributed by atoms with Crippen LogP contribution < -0.4 is 26.2 Å². The topological polar surface area (TPSA) is 220 Å². The number of anilines is 2. The fraction of sp³-hybridized carbons (Fsp3) is 0.390. The molecule has 19 heteroatoms. The van der Waals surface area contributed by atoms with Crippen molar-refractivity contribution < 1.29 is 42.9 Å². The number of urea groups is 1. The lowest BCUT2D eigenvalue weighted by Gasteiger charge is -2.39. The molecule has 8 rings (SSSR count). The first-order valence-electron chi connectivity index (χ1n) is 19.6. The number of aromatic nitrogens is 5. The number of imidazole rings is 1. The first-order valence-corrected chi connectivity index (χ1v) is 19.6. The Morgan fingerprint density at radius 1 is 0.917 bits per heavy atom. The van der Waals surface area contributed by atoms with Gasteiger partial charge in [0, 0.05) is 37.8 Å². The average Bonchev–Trinajstić information content (AvgIpc) is 3.66. The summed E-state index contributed by atoms with van der Waals surface area (Å²) >= 11 is 0. The fourth-order valence-electron chi connectivity index (χ4n) is 8.69. The second-order valence-electron chi connectivity index (χ2n) is 15.5. The van der Waals surface area contributed by atoms with Crippen LogP contribution in [0.1, 0.15) is 54.5 Å². The van der Waals surface area contributed by atoms with Crippen LogP contribution in [0.4, 0.5) is 29.7 Å². The Morgan fingerprint density at radius 3 is 2.22 bits per heavy atom. The number of carboxylic acids is 1. The molecule has 7 N–H and O–H groups in total. The molecule has 5 atom stereocenters. The number of nitrogens with one attached hydrogen (secondary N) is 4. The van der Waals surface area contributed by atoms with Crippen molar-refractivity contribution in [2.24, 2.45) is 5.41 Å². The Hall–Kier alpha value is -6.34. The van der Waals surface area contributed by atoms with Crippen molar-refractivity contribution in [2.75, 3.05) is 29.9 Å². The Balaban J connectivity index is 1.13. The van der Waals surface area contributed by atoms with Crippen LogP contribution in [0.2, 0.25) is 0 Å². The maximum atomic E-state index is 13.7. The van der Waals surface area contributed by atoms with Gasteiger partial charge in [-0.05, 0) is 48.9 Å². The lowest BCUT2D eigenvalue weighted by Crippen LogP contribution is -2.65. The largest absolute Gasteiger partial charge is 0.481 e. The van der Waals surface area contributed by atoms with Crippen molar-refractivity contribution in [2.45, 2.75) is 74.2 Å². The monoisotopic (exact) mass is 828 g/mol. The van der Waals surface area contributed by atoms with E-state index in [0.717, 1.165) is 11.1 Å². The zero-order chi connectivity index (χ0) is 42.2. The van der Waals surface area contributed by atoms with Gasteiger partial charge in [0.2, 0.25) is 5.95 Å². The lowest BCUT2D eigenvalue weighted by molar-refractivity contribution is -0.180. The van der Waals surface area contributed by atoms with Gasteiger partial charge in [0.05, 0.1) is 35.6 Å². The molecule has 0 radical (unpaired) electrons. The van der Waals surface area contributed by atoms with E-state index in [1.807, 2.05) is 76.9 Å². The van der Waals surface area contributed by atoms with Gasteiger partial charge in [-0.2, -0.15) is 23.1 Å². The van der Waals surface area contributed by atoms with Gasteiger partial charge in [0.1, 0.15) is 12.2 Å². The number of hydrogen-bond acceptors (Lipinski definition) is 11. The van der Waals surface area contributed by atoms with Crippen LogP contribution in [-0.4, -0.2) is 107 Å². The molecule has 60 heavy (non-hydrogen) atoms. The molecule has 3 aromatic heterocycles. The molecule has 3 aliphatic rings. The van der Waals surface area contributed by atoms with Crippen molar-refractivity contribution in [1.29, 1.82) is 0 Å². The molecule has 314 valence electrons. The van der Waals surface area contributed by atoms with Crippen LogP contribution >= 0.6 is 0 Å². The first-order chi connectivity index (χ1) is 28.8. The zero-order valence-electron chi connectivity index (χ0n) is 32.1. The first kappa shape index (κ1) is 40.4. The number of aliphatic hydroxyl groups excluding tert-OH is 2. The number of rotatable bonds is 13. The molecule has 0 bridgehead atoms. The molecule has 1 saturated heterocycles. The van der Waals surface area contributed by atoms with Gasteiger partial charge in [-0.15, -0.1) is 0 Å². The highest BCUT2D eigenvalue weighted by atomic mass is 19.4. The number of alkyl halides is 3. The summed E-state index contributed by atoms with van der Waals surface area (Å²) in [5, 5.41) is 44.4. The third kappa shape index (κ3) is 7.65. The van der Waals surface area contributed by atoms with Crippen LogP contribution in [0.3, 0.4) is 0 Å². The maximum Gasteiger partial charge on any atom is 0.471 e. The molecule has 3 fully saturated rings. The third-order valence-corrected chi connectivity index (χ3v) is 12.0. The molecule has 0 unspecified atom stereocenters. The van der Waals surface area contributed by atoms with Crippen LogP contribution in [0.15, 0.2) is 91.4 Å². The number of benzene rings is 2. The molecule has 5 aromatic rings. The predicted molar refractivity (Wildman–Crippen MR) is 211 cm³/mol. The minimum Gasteiger partial charge on any atom is -0.481 e. The standard InChI is InChI=1S/C41H43F3N10O6/c42-41(43,44)35(57)52-40(39(15-16-39)36(58)59)19-29(31(55)32(40)56)54-23-48-30-33(46-21-28(24-9-3-1-4-10-24)25-11-5-2-6-12-25)50-37(51-34(30)54)53-18-14-27(22-53)49-38(60)47-20-26-13-7-8-17-45-26/h1-13,17,23,27-29,31-32,55-56H,14-16,18-22H2,(H,52,57)(H,58,59)(H,46,50,51)(H2,47,49,60)/t27-,29-,31+,32+,40-/m1/s1. The predicted octanol–water partition coefficient (Wildman–Crippen LogP) is 3.49. The average molecular weight is 829 g/mol. The summed E-state index contributed by atoms with van der Waals surface area (Å²) in [6, 6.07) is 23.1. The number of hydrogen-bond donors (Lipinski definition) is 7. The van der Waals surface area contributed by atoms with E-state index >= 15 is 0 Å². The van der Waals surface area contributed by atoms with E-state index in [4.69, 9.17) is 9.97 Å². The number of aliphatic hydroxyl groups is 2. The van der Waals surface area contributed by atoms with E-state index in [-0.39, 0.29) is 54.5 Å². The Kier molecular flexibility index (Phi) is 10.8. The minimum atomic E-state index is -5.39. The number of halogens is 3. The maximum absolute atomic E-state index is 13.7. The molecular weight excluding hydrogens is 786 g/mol. The van der Waals surface area contributed by atoms with Gasteiger partial charge in [-0.3, -0.25) is 14.6 Å². The molecule has 3 amide bonds. The summed E-state index contributed by atoms with van der Waals surface area (Å²) in [5.41, 5.74) is -1.23. The molecule has 2 saturated carbocycles. The number of carbonyl (C=O) groups excluding carboxylic acids is 2. The molecule has 0 spiro atoms. The SMILES string of the molecule is O=C(NCc1ccccn1)N[C@@H]1CCN(c2nc(NCC(c3ccccc3)c3ccccc3)c3ncn([C@@H]4C[C@](NC(=O)C(F)(F)F)(C5(C(=O)O)CC5)[C@@H](O)[C@H]4O)c3n2)C1. The van der Waals surface area contributed by atoms with E-state index in [0.29, 0.717) is 37.6 Å². The number of carbonyl (C=O) groups is 3. The van der Waals surface area contributed by atoms with Crippen LogP contribution in [-0.2, 0) is 16.1 Å². The van der Waals surface area contributed by atoms with Gasteiger partial charge >= 0.3 is 24.1 Å². The number of pyridine rings is 1. The summed E-state index contributed by atoms with van der Waals surface area (Å²) in [5.74, 6) is -3.57. The highest BCUT2D eigenvalue weighted by Gasteiger charge is 2.73. The highest BCUT2D eigenvalue weighted by Crippen LogP contribution is 2.62. The van der Waals surface area contributed by atoms with Gasteiger partial charge in [-0.25, -0.2) is 9.78 Å². The smallest absolute Gasteiger partial charge is 0.471 e. The summed E-state index contributed by atoms with van der Waals surface area (Å²) in [4.78, 5) is 58.3. The normalized spacial score (nSPS) is 23.4. The second-order valence-corrected chi connectivity index (χ2v) is 15.5.